The Hall–Kier alpha value is -3.45. The zero-order valence-electron chi connectivity index (χ0n) is 23.1. The molecule has 7 heteroatoms. The van der Waals surface area contributed by atoms with Crippen LogP contribution in [0.3, 0.4) is 0 Å². The summed E-state index contributed by atoms with van der Waals surface area (Å²) in [6, 6.07) is 17.5. The fourth-order valence-electron chi connectivity index (χ4n) is 5.64. The third kappa shape index (κ3) is 6.81. The lowest BCUT2D eigenvalue weighted by molar-refractivity contribution is -0.141. The van der Waals surface area contributed by atoms with Crippen LogP contribution in [-0.2, 0) is 16.0 Å². The summed E-state index contributed by atoms with van der Waals surface area (Å²) in [6.45, 7) is 4.83. The molecule has 40 heavy (non-hydrogen) atoms. The molecular formula is C33H37F2NO4. The molecule has 1 fully saturated rings. The lowest BCUT2D eigenvalue weighted by atomic mass is 9.86. The fraction of sp³-hybridized carbons (Fsp3) is 0.424. The summed E-state index contributed by atoms with van der Waals surface area (Å²) in [6.07, 6.45) is 5.93. The maximum absolute atomic E-state index is 13.5. The second kappa shape index (κ2) is 12.4. The van der Waals surface area contributed by atoms with Crippen molar-refractivity contribution in [1.29, 1.82) is 0 Å². The molecule has 5 nitrogen and oxygen atoms in total. The van der Waals surface area contributed by atoms with Crippen molar-refractivity contribution in [2.75, 3.05) is 11.9 Å². The second-order valence-corrected chi connectivity index (χ2v) is 11.4. The van der Waals surface area contributed by atoms with Crippen LogP contribution in [0.1, 0.15) is 80.0 Å². The van der Waals surface area contributed by atoms with Crippen LogP contribution in [0, 0.1) is 17.6 Å². The van der Waals surface area contributed by atoms with Crippen LogP contribution in [0.5, 0.6) is 5.75 Å². The Morgan fingerprint density at radius 2 is 1.62 bits per heavy atom. The second-order valence-electron chi connectivity index (χ2n) is 11.4. The molecule has 3 aromatic rings. The zero-order valence-corrected chi connectivity index (χ0v) is 23.1. The van der Waals surface area contributed by atoms with Crippen LogP contribution in [0.2, 0.25) is 0 Å². The van der Waals surface area contributed by atoms with E-state index in [4.69, 9.17) is 14.2 Å². The summed E-state index contributed by atoms with van der Waals surface area (Å²) in [4.78, 5) is 13.1. The first-order chi connectivity index (χ1) is 19.3. The van der Waals surface area contributed by atoms with Gasteiger partial charge in [0.1, 0.15) is 29.1 Å². The lowest BCUT2D eigenvalue weighted by Gasteiger charge is -2.44. The number of benzene rings is 3. The van der Waals surface area contributed by atoms with Gasteiger partial charge >= 0.3 is 5.97 Å². The van der Waals surface area contributed by atoms with E-state index in [-0.39, 0.29) is 11.4 Å². The van der Waals surface area contributed by atoms with Gasteiger partial charge in [-0.3, -0.25) is 0 Å². The van der Waals surface area contributed by atoms with Crippen LogP contribution >= 0.6 is 0 Å². The van der Waals surface area contributed by atoms with Crippen molar-refractivity contribution in [2.24, 2.45) is 5.92 Å². The summed E-state index contributed by atoms with van der Waals surface area (Å²) >= 11 is 0. The van der Waals surface area contributed by atoms with E-state index in [0.717, 1.165) is 23.2 Å². The van der Waals surface area contributed by atoms with Gasteiger partial charge in [-0.15, -0.1) is 0 Å². The van der Waals surface area contributed by atoms with Crippen LogP contribution in [0.15, 0.2) is 66.7 Å². The predicted octanol–water partition coefficient (Wildman–Crippen LogP) is 8.00. The number of anilines is 1. The summed E-state index contributed by atoms with van der Waals surface area (Å²) in [5.74, 6) is 0.0683. The average Bonchev–Trinajstić information content (AvgIpc) is 2.95. The maximum atomic E-state index is 13.5. The largest absolute Gasteiger partial charge is 0.483 e. The highest BCUT2D eigenvalue weighted by atomic mass is 19.1. The smallest absolute Gasteiger partial charge is 0.338 e. The highest BCUT2D eigenvalue weighted by molar-refractivity contribution is 5.89. The van der Waals surface area contributed by atoms with E-state index in [2.05, 4.69) is 5.32 Å². The van der Waals surface area contributed by atoms with Gasteiger partial charge in [0.2, 0.25) is 0 Å². The Morgan fingerprint density at radius 3 is 2.33 bits per heavy atom. The first-order valence-corrected chi connectivity index (χ1v) is 14.2. The van der Waals surface area contributed by atoms with Gasteiger partial charge < -0.3 is 19.5 Å². The van der Waals surface area contributed by atoms with E-state index in [9.17, 15) is 13.6 Å². The van der Waals surface area contributed by atoms with Crippen LogP contribution < -0.4 is 10.1 Å². The number of nitrogens with one attached hydrogen (secondary N) is 1. The van der Waals surface area contributed by atoms with Gasteiger partial charge in [-0.1, -0.05) is 44.2 Å². The summed E-state index contributed by atoms with van der Waals surface area (Å²) in [5, 5.41) is 3.39. The number of carbonyl (C=O) groups excluding carboxylic acids is 1. The van der Waals surface area contributed by atoms with E-state index in [1.54, 1.807) is 12.1 Å². The molecule has 0 bridgehead atoms. The van der Waals surface area contributed by atoms with Gasteiger partial charge in [0.25, 0.3) is 0 Å². The number of esters is 1. The van der Waals surface area contributed by atoms with E-state index >= 15 is 0 Å². The van der Waals surface area contributed by atoms with Gasteiger partial charge in [-0.25, -0.2) is 13.6 Å². The predicted molar refractivity (Wildman–Crippen MR) is 150 cm³/mol. The van der Waals surface area contributed by atoms with Crippen molar-refractivity contribution in [3.05, 3.63) is 95.1 Å². The van der Waals surface area contributed by atoms with Crippen molar-refractivity contribution in [3.63, 3.8) is 0 Å². The molecule has 2 atom stereocenters. The van der Waals surface area contributed by atoms with Crippen molar-refractivity contribution in [2.45, 2.75) is 76.7 Å². The van der Waals surface area contributed by atoms with Gasteiger partial charge in [0.15, 0.2) is 6.10 Å². The van der Waals surface area contributed by atoms with Gasteiger partial charge in [0.05, 0.1) is 5.56 Å². The third-order valence-corrected chi connectivity index (χ3v) is 7.92. The Morgan fingerprint density at radius 1 is 0.950 bits per heavy atom. The van der Waals surface area contributed by atoms with Crippen LogP contribution in [0.25, 0.3) is 0 Å². The Labute approximate surface area is 234 Å². The third-order valence-electron chi connectivity index (χ3n) is 7.92. The van der Waals surface area contributed by atoms with E-state index in [1.165, 1.54) is 68.5 Å². The maximum Gasteiger partial charge on any atom is 0.338 e. The van der Waals surface area contributed by atoms with Crippen molar-refractivity contribution in [3.8, 4) is 5.75 Å². The van der Waals surface area contributed by atoms with E-state index in [1.807, 2.05) is 32.0 Å². The minimum atomic E-state index is -0.874. The number of hydrogen-bond donors (Lipinski definition) is 1. The fourth-order valence-corrected chi connectivity index (χ4v) is 5.64. The van der Waals surface area contributed by atoms with Crippen molar-refractivity contribution in [1.82, 2.24) is 0 Å². The number of rotatable bonds is 9. The molecule has 1 aliphatic carbocycles. The minimum absolute atomic E-state index is 0.263. The molecule has 0 saturated heterocycles. The Kier molecular flexibility index (Phi) is 8.69. The minimum Gasteiger partial charge on any atom is -0.483 e. The summed E-state index contributed by atoms with van der Waals surface area (Å²) < 4.78 is 45.8. The van der Waals surface area contributed by atoms with Gasteiger partial charge in [-0.2, -0.15) is 0 Å². The number of carbonyl (C=O) groups is 1. The molecule has 1 saturated carbocycles. The highest BCUT2D eigenvalue weighted by Gasteiger charge is 2.47. The standard InChI is InChI=1S/C33H37F2NO4/c1-33(2)31(39-32(37)24-10-14-26(35)15-11-24)30(38-19-18-22-6-4-3-5-7-22)28-20-27(16-17-29(28)40-33)36-21-23-8-12-25(34)13-9-23/h8-17,20,22,30-31,36H,3-7,18-19,21H2,1-2H3. The van der Waals surface area contributed by atoms with Crippen molar-refractivity contribution >= 4 is 11.7 Å². The molecule has 0 amide bonds. The molecule has 1 heterocycles. The van der Waals surface area contributed by atoms with Crippen LogP contribution in [0.4, 0.5) is 14.5 Å². The van der Waals surface area contributed by atoms with Gasteiger partial charge in [-0.05, 0) is 86.3 Å². The first-order valence-electron chi connectivity index (χ1n) is 14.2. The highest BCUT2D eigenvalue weighted by Crippen LogP contribution is 2.45. The normalized spacial score (nSPS) is 20.3. The summed E-state index contributed by atoms with van der Waals surface area (Å²) in [5.41, 5.74) is 1.97. The zero-order chi connectivity index (χ0) is 28.1. The van der Waals surface area contributed by atoms with Crippen LogP contribution in [-0.4, -0.2) is 24.3 Å². The number of ether oxygens (including phenoxy) is 3. The first kappa shape index (κ1) is 28.1. The molecule has 1 aliphatic heterocycles. The Bertz CT molecular complexity index is 1290. The van der Waals surface area contributed by atoms with E-state index in [0.29, 0.717) is 24.8 Å². The molecule has 5 rings (SSSR count). The topological polar surface area (TPSA) is 56.8 Å². The molecular weight excluding hydrogens is 512 g/mol. The monoisotopic (exact) mass is 549 g/mol. The molecule has 212 valence electrons. The summed E-state index contributed by atoms with van der Waals surface area (Å²) in [7, 11) is 0. The Balaban J connectivity index is 1.39. The number of fused-ring (bicyclic) bond motifs is 1. The lowest BCUT2D eigenvalue weighted by Crippen LogP contribution is -2.51. The average molecular weight is 550 g/mol. The van der Waals surface area contributed by atoms with Gasteiger partial charge in [0, 0.05) is 24.4 Å². The molecule has 2 aliphatic rings. The van der Waals surface area contributed by atoms with Crippen molar-refractivity contribution < 1.29 is 27.8 Å². The molecule has 2 unspecified atom stereocenters. The molecule has 0 radical (unpaired) electrons. The molecule has 3 aromatic carbocycles. The SMILES string of the molecule is CC1(C)Oc2ccc(NCc3ccc(F)cc3)cc2C(OCCC2CCCCC2)C1OC(=O)c1ccc(F)cc1. The van der Waals surface area contributed by atoms with E-state index < -0.39 is 29.6 Å². The number of halogens is 2. The molecule has 1 N–H and O–H groups in total. The molecule has 0 aromatic heterocycles. The quantitative estimate of drug-likeness (QED) is 0.274. The molecule has 0 spiro atoms. The number of hydrogen-bond acceptors (Lipinski definition) is 5.